The van der Waals surface area contributed by atoms with E-state index in [9.17, 15) is 0 Å². The number of benzene rings is 1. The van der Waals surface area contributed by atoms with Crippen LogP contribution in [0.5, 0.6) is 0 Å². The lowest BCUT2D eigenvalue weighted by atomic mass is 10.1. The Bertz CT molecular complexity index is 538. The molecule has 0 saturated heterocycles. The number of halogens is 2. The topological polar surface area (TPSA) is 62.8 Å². The van der Waals surface area contributed by atoms with Gasteiger partial charge in [-0.3, -0.25) is 5.41 Å². The summed E-state index contributed by atoms with van der Waals surface area (Å²) >= 11 is 5.82. The predicted molar refractivity (Wildman–Crippen MR) is 76.8 cm³/mol. The highest BCUT2D eigenvalue weighted by Crippen LogP contribution is 2.12. The molecule has 0 saturated carbocycles. The maximum atomic E-state index is 7.34. The Morgan fingerprint density at radius 2 is 1.83 bits per heavy atom. The molecule has 5 heteroatoms. The Hall–Kier alpha value is -1.58. The average Bonchev–Trinajstić information content (AvgIpc) is 2.32. The summed E-state index contributed by atoms with van der Waals surface area (Å²) in [5.74, 6) is -0.0112. The van der Waals surface area contributed by atoms with E-state index in [-0.39, 0.29) is 18.2 Å². The third-order valence-corrected chi connectivity index (χ3v) is 2.63. The van der Waals surface area contributed by atoms with Gasteiger partial charge in [0.25, 0.3) is 0 Å². The lowest BCUT2D eigenvalue weighted by Crippen LogP contribution is -2.13. The van der Waals surface area contributed by atoms with Crippen molar-refractivity contribution < 1.29 is 0 Å². The molecule has 0 unspecified atom stereocenters. The standard InChI is InChI=1S/C13H12ClN3.ClH/c14-10-6-4-9(5-7-10)8-11-2-1-3-12(17-11)13(15)16;/h1-7H,8H2,(H3,15,16);1H. The monoisotopic (exact) mass is 281 g/mol. The second-order valence-corrected chi connectivity index (χ2v) is 4.17. The number of hydrogen-bond acceptors (Lipinski definition) is 2. The van der Waals surface area contributed by atoms with Crippen molar-refractivity contribution in [3.05, 3.63) is 64.4 Å². The molecule has 2 rings (SSSR count). The third-order valence-electron chi connectivity index (χ3n) is 2.38. The van der Waals surface area contributed by atoms with Crippen LogP contribution in [-0.4, -0.2) is 10.8 Å². The van der Waals surface area contributed by atoms with Gasteiger partial charge < -0.3 is 5.73 Å². The molecule has 18 heavy (non-hydrogen) atoms. The van der Waals surface area contributed by atoms with Crippen molar-refractivity contribution in [1.82, 2.24) is 4.98 Å². The molecule has 3 N–H and O–H groups in total. The first kappa shape index (κ1) is 14.5. The molecule has 0 aliphatic heterocycles. The van der Waals surface area contributed by atoms with E-state index >= 15 is 0 Å². The first-order valence-corrected chi connectivity index (χ1v) is 5.58. The largest absolute Gasteiger partial charge is 0.382 e. The SMILES string of the molecule is Cl.N=C(N)c1cccc(Cc2ccc(Cl)cc2)n1. The van der Waals surface area contributed by atoms with Crippen molar-refractivity contribution in [3.8, 4) is 0 Å². The molecule has 0 spiro atoms. The molecule has 0 fully saturated rings. The van der Waals surface area contributed by atoms with E-state index in [1.165, 1.54) is 0 Å². The molecule has 1 aromatic heterocycles. The van der Waals surface area contributed by atoms with Gasteiger partial charge in [-0.25, -0.2) is 4.98 Å². The molecular formula is C13H13Cl2N3. The average molecular weight is 282 g/mol. The second kappa shape index (κ2) is 6.38. The number of pyridine rings is 1. The summed E-state index contributed by atoms with van der Waals surface area (Å²) in [6.07, 6.45) is 0.707. The van der Waals surface area contributed by atoms with Crippen LogP contribution in [0.3, 0.4) is 0 Å². The minimum Gasteiger partial charge on any atom is -0.382 e. The van der Waals surface area contributed by atoms with E-state index in [4.69, 9.17) is 22.7 Å². The first-order chi connectivity index (χ1) is 8.15. The van der Waals surface area contributed by atoms with Gasteiger partial charge in [0.05, 0.1) is 0 Å². The van der Waals surface area contributed by atoms with Gasteiger partial charge in [0.15, 0.2) is 0 Å². The van der Waals surface area contributed by atoms with Gasteiger partial charge in [0.2, 0.25) is 0 Å². The summed E-state index contributed by atoms with van der Waals surface area (Å²) in [6.45, 7) is 0. The predicted octanol–water partition coefficient (Wildman–Crippen LogP) is 3.03. The van der Waals surface area contributed by atoms with Crippen LogP contribution in [0.1, 0.15) is 17.0 Å². The van der Waals surface area contributed by atoms with Crippen molar-refractivity contribution in [3.63, 3.8) is 0 Å². The first-order valence-electron chi connectivity index (χ1n) is 5.20. The molecule has 0 bridgehead atoms. The van der Waals surface area contributed by atoms with Crippen LogP contribution in [0.15, 0.2) is 42.5 Å². The molecule has 0 atom stereocenters. The minimum atomic E-state index is -0.0112. The van der Waals surface area contributed by atoms with E-state index in [1.807, 2.05) is 36.4 Å². The Kier molecular flexibility index (Phi) is 5.13. The van der Waals surface area contributed by atoms with Gasteiger partial charge in [-0.15, -0.1) is 12.4 Å². The normalized spacial score (nSPS) is 9.61. The van der Waals surface area contributed by atoms with Gasteiger partial charge in [0.1, 0.15) is 11.5 Å². The number of aromatic nitrogens is 1. The number of rotatable bonds is 3. The highest BCUT2D eigenvalue weighted by atomic mass is 35.5. The smallest absolute Gasteiger partial charge is 0.141 e. The van der Waals surface area contributed by atoms with Gasteiger partial charge in [0, 0.05) is 17.1 Å². The van der Waals surface area contributed by atoms with E-state index in [0.717, 1.165) is 16.3 Å². The fourth-order valence-corrected chi connectivity index (χ4v) is 1.67. The number of nitrogens with two attached hydrogens (primary N) is 1. The zero-order valence-corrected chi connectivity index (χ0v) is 11.1. The van der Waals surface area contributed by atoms with Gasteiger partial charge >= 0.3 is 0 Å². The highest BCUT2D eigenvalue weighted by Gasteiger charge is 2.01. The molecule has 0 radical (unpaired) electrons. The number of nitrogen functional groups attached to an aromatic ring is 1. The van der Waals surface area contributed by atoms with Gasteiger partial charge in [-0.05, 0) is 29.8 Å². The Balaban J connectivity index is 0.00000162. The van der Waals surface area contributed by atoms with Crippen molar-refractivity contribution in [1.29, 1.82) is 5.41 Å². The number of amidine groups is 1. The van der Waals surface area contributed by atoms with E-state index in [2.05, 4.69) is 4.98 Å². The van der Waals surface area contributed by atoms with Crippen LogP contribution in [0.25, 0.3) is 0 Å². The van der Waals surface area contributed by atoms with Gasteiger partial charge in [-0.1, -0.05) is 29.8 Å². The lowest BCUT2D eigenvalue weighted by Gasteiger charge is -2.03. The van der Waals surface area contributed by atoms with Crippen LogP contribution >= 0.6 is 24.0 Å². The summed E-state index contributed by atoms with van der Waals surface area (Å²) in [6, 6.07) is 13.1. The fourth-order valence-electron chi connectivity index (χ4n) is 1.54. The van der Waals surface area contributed by atoms with Crippen LogP contribution < -0.4 is 5.73 Å². The molecule has 0 aliphatic carbocycles. The van der Waals surface area contributed by atoms with Gasteiger partial charge in [-0.2, -0.15) is 0 Å². The molecule has 3 nitrogen and oxygen atoms in total. The summed E-state index contributed by atoms with van der Waals surface area (Å²) in [4.78, 5) is 4.31. The Morgan fingerprint density at radius 1 is 1.17 bits per heavy atom. The summed E-state index contributed by atoms with van der Waals surface area (Å²) in [5, 5.41) is 8.06. The fraction of sp³-hybridized carbons (Fsp3) is 0.0769. The third kappa shape index (κ3) is 3.72. The summed E-state index contributed by atoms with van der Waals surface area (Å²) < 4.78 is 0. The zero-order valence-electron chi connectivity index (χ0n) is 9.56. The lowest BCUT2D eigenvalue weighted by molar-refractivity contribution is 1.06. The molecule has 2 aromatic rings. The van der Waals surface area contributed by atoms with Crippen molar-refractivity contribution in [2.24, 2.45) is 5.73 Å². The Morgan fingerprint density at radius 3 is 2.44 bits per heavy atom. The summed E-state index contributed by atoms with van der Waals surface area (Å²) in [5.41, 5.74) is 7.93. The quantitative estimate of drug-likeness (QED) is 0.671. The van der Waals surface area contributed by atoms with Crippen LogP contribution in [0.2, 0.25) is 5.02 Å². The van der Waals surface area contributed by atoms with Crippen molar-refractivity contribution >= 4 is 29.8 Å². The second-order valence-electron chi connectivity index (χ2n) is 3.73. The van der Waals surface area contributed by atoms with Crippen LogP contribution in [-0.2, 0) is 6.42 Å². The maximum Gasteiger partial charge on any atom is 0.141 e. The molecule has 0 aliphatic rings. The van der Waals surface area contributed by atoms with Crippen LogP contribution in [0, 0.1) is 5.41 Å². The van der Waals surface area contributed by atoms with E-state index in [0.29, 0.717) is 12.1 Å². The maximum absolute atomic E-state index is 7.34. The Labute approximate surface area is 117 Å². The van der Waals surface area contributed by atoms with Crippen LogP contribution in [0.4, 0.5) is 0 Å². The number of nitrogens with one attached hydrogen (secondary N) is 1. The molecular weight excluding hydrogens is 269 g/mol. The molecule has 0 amide bonds. The van der Waals surface area contributed by atoms with Crippen molar-refractivity contribution in [2.75, 3.05) is 0 Å². The molecule has 94 valence electrons. The molecule has 1 aromatic carbocycles. The summed E-state index contributed by atoms with van der Waals surface area (Å²) in [7, 11) is 0. The highest BCUT2D eigenvalue weighted by molar-refractivity contribution is 6.30. The van der Waals surface area contributed by atoms with E-state index < -0.39 is 0 Å². The zero-order chi connectivity index (χ0) is 12.3. The number of nitrogens with zero attached hydrogens (tertiary/aromatic N) is 1. The number of hydrogen-bond donors (Lipinski definition) is 2. The molecule has 1 heterocycles. The van der Waals surface area contributed by atoms with Crippen molar-refractivity contribution in [2.45, 2.75) is 6.42 Å². The minimum absolute atomic E-state index is 0. The van der Waals surface area contributed by atoms with E-state index in [1.54, 1.807) is 6.07 Å².